The second-order valence-electron chi connectivity index (χ2n) is 3.75. The van der Waals surface area contributed by atoms with Gasteiger partial charge in [0.2, 0.25) is 0 Å². The summed E-state index contributed by atoms with van der Waals surface area (Å²) in [5, 5.41) is 2.50. The lowest BCUT2D eigenvalue weighted by Crippen LogP contribution is -1.85. The fraction of sp³-hybridized carbons (Fsp3) is 0.200. The van der Waals surface area contributed by atoms with E-state index in [0.717, 1.165) is 17.7 Å². The predicted octanol–water partition coefficient (Wildman–Crippen LogP) is 3.82. The Hall–Kier alpha value is -1.39. The monoisotopic (exact) mass is 226 g/mol. The summed E-state index contributed by atoms with van der Waals surface area (Å²) in [6, 6.07) is 12.7. The van der Waals surface area contributed by atoms with Crippen LogP contribution in [0.5, 0.6) is 0 Å². The number of rotatable bonds is 1. The van der Waals surface area contributed by atoms with E-state index in [0.29, 0.717) is 0 Å². The van der Waals surface area contributed by atoms with Crippen LogP contribution in [0.15, 0.2) is 36.4 Å². The quantitative estimate of drug-likeness (QED) is 0.554. The molecule has 0 saturated carbocycles. The summed E-state index contributed by atoms with van der Waals surface area (Å²) in [6.07, 6.45) is 0.839. The first-order valence-electron chi connectivity index (χ1n) is 5.41. The summed E-state index contributed by atoms with van der Waals surface area (Å²) in [5.74, 6) is 7.23. The van der Waals surface area contributed by atoms with Gasteiger partial charge in [-0.1, -0.05) is 48.2 Å². The smallest absolute Gasteiger partial charge is 0.0352 e. The predicted molar refractivity (Wildman–Crippen MR) is 74.0 cm³/mol. The Balaban J connectivity index is 2.58. The molecule has 0 saturated heterocycles. The van der Waals surface area contributed by atoms with Gasteiger partial charge in [0.15, 0.2) is 0 Å². The Morgan fingerprint density at radius 2 is 1.94 bits per heavy atom. The van der Waals surface area contributed by atoms with Crippen LogP contribution < -0.4 is 0 Å². The summed E-state index contributed by atoms with van der Waals surface area (Å²) < 4.78 is 0. The standard InChI is InChI=1S/C15H14S/c1-12-9-10-13-6-2-3-8-15(13)14(12)7-4-5-11-16/h2-3,6,8-10,16H,5,11H2,1H3. The Labute approximate surface area is 102 Å². The number of hydrogen-bond donors (Lipinski definition) is 1. The zero-order valence-electron chi connectivity index (χ0n) is 9.33. The Bertz CT molecular complexity index is 558. The number of fused-ring (bicyclic) bond motifs is 1. The maximum Gasteiger partial charge on any atom is 0.0352 e. The minimum atomic E-state index is 0.816. The zero-order chi connectivity index (χ0) is 11.4. The van der Waals surface area contributed by atoms with Crippen LogP contribution in [0.3, 0.4) is 0 Å². The van der Waals surface area contributed by atoms with Gasteiger partial charge >= 0.3 is 0 Å². The van der Waals surface area contributed by atoms with Crippen molar-refractivity contribution < 1.29 is 0 Å². The van der Waals surface area contributed by atoms with Crippen molar-refractivity contribution in [2.24, 2.45) is 0 Å². The van der Waals surface area contributed by atoms with E-state index in [1.165, 1.54) is 16.3 Å². The lowest BCUT2D eigenvalue weighted by atomic mass is 10.00. The van der Waals surface area contributed by atoms with Crippen LogP contribution in [0.4, 0.5) is 0 Å². The molecule has 0 N–H and O–H groups in total. The van der Waals surface area contributed by atoms with Gasteiger partial charge < -0.3 is 0 Å². The van der Waals surface area contributed by atoms with Gasteiger partial charge in [0.25, 0.3) is 0 Å². The van der Waals surface area contributed by atoms with Crippen molar-refractivity contribution in [3.8, 4) is 11.8 Å². The largest absolute Gasteiger partial charge is 0.178 e. The molecule has 0 fully saturated rings. The van der Waals surface area contributed by atoms with E-state index in [2.05, 4.69) is 67.8 Å². The molecule has 2 aromatic carbocycles. The van der Waals surface area contributed by atoms with Gasteiger partial charge in [-0.15, -0.1) is 0 Å². The summed E-state index contributed by atoms with van der Waals surface area (Å²) >= 11 is 4.16. The number of benzene rings is 2. The van der Waals surface area contributed by atoms with Gasteiger partial charge in [-0.25, -0.2) is 0 Å². The third kappa shape index (κ3) is 2.23. The molecule has 0 spiro atoms. The third-order valence-corrected chi connectivity index (χ3v) is 2.81. The first-order chi connectivity index (χ1) is 7.83. The van der Waals surface area contributed by atoms with Crippen molar-refractivity contribution in [3.63, 3.8) is 0 Å². The molecular weight excluding hydrogens is 212 g/mol. The minimum Gasteiger partial charge on any atom is -0.178 e. The molecule has 0 nitrogen and oxygen atoms in total. The van der Waals surface area contributed by atoms with Gasteiger partial charge in [0, 0.05) is 17.7 Å². The third-order valence-electron chi connectivity index (χ3n) is 2.59. The first-order valence-corrected chi connectivity index (χ1v) is 6.04. The lowest BCUT2D eigenvalue weighted by molar-refractivity contribution is 1.31. The van der Waals surface area contributed by atoms with E-state index in [-0.39, 0.29) is 0 Å². The van der Waals surface area contributed by atoms with Gasteiger partial charge in [-0.05, 0) is 23.3 Å². The SMILES string of the molecule is Cc1ccc2ccccc2c1C#CCCS. The highest BCUT2D eigenvalue weighted by molar-refractivity contribution is 7.80. The highest BCUT2D eigenvalue weighted by Gasteiger charge is 2.00. The van der Waals surface area contributed by atoms with Gasteiger partial charge in [0.1, 0.15) is 0 Å². The molecule has 0 aliphatic carbocycles. The van der Waals surface area contributed by atoms with Crippen molar-refractivity contribution in [1.29, 1.82) is 0 Å². The van der Waals surface area contributed by atoms with E-state index in [4.69, 9.17) is 0 Å². The summed E-state index contributed by atoms with van der Waals surface area (Å²) in [5.41, 5.74) is 2.39. The van der Waals surface area contributed by atoms with E-state index >= 15 is 0 Å². The van der Waals surface area contributed by atoms with Crippen LogP contribution in [0.25, 0.3) is 10.8 Å². The summed E-state index contributed by atoms with van der Waals surface area (Å²) in [6.45, 7) is 2.11. The molecule has 0 aliphatic rings. The zero-order valence-corrected chi connectivity index (χ0v) is 10.2. The van der Waals surface area contributed by atoms with Crippen molar-refractivity contribution in [3.05, 3.63) is 47.5 Å². The number of aryl methyl sites for hydroxylation is 1. The highest BCUT2D eigenvalue weighted by atomic mass is 32.1. The van der Waals surface area contributed by atoms with Crippen LogP contribution in [0.1, 0.15) is 17.5 Å². The fourth-order valence-corrected chi connectivity index (χ4v) is 1.87. The van der Waals surface area contributed by atoms with Crippen LogP contribution in [0.2, 0.25) is 0 Å². The molecule has 16 heavy (non-hydrogen) atoms. The maximum absolute atomic E-state index is 4.16. The van der Waals surface area contributed by atoms with Gasteiger partial charge in [0.05, 0.1) is 0 Å². The summed E-state index contributed by atoms with van der Waals surface area (Å²) in [4.78, 5) is 0. The second kappa shape index (κ2) is 5.09. The van der Waals surface area contributed by atoms with Crippen molar-refractivity contribution in [1.82, 2.24) is 0 Å². The molecule has 0 unspecified atom stereocenters. The molecule has 0 bridgehead atoms. The van der Waals surface area contributed by atoms with Crippen molar-refractivity contribution in [2.75, 3.05) is 5.75 Å². The Morgan fingerprint density at radius 1 is 1.12 bits per heavy atom. The molecule has 1 heteroatoms. The molecular formula is C15H14S. The van der Waals surface area contributed by atoms with Crippen LogP contribution in [0, 0.1) is 18.8 Å². The second-order valence-corrected chi connectivity index (χ2v) is 4.20. The molecule has 80 valence electrons. The average Bonchev–Trinajstić information content (AvgIpc) is 2.32. The molecule has 2 rings (SSSR count). The average molecular weight is 226 g/mol. The van der Waals surface area contributed by atoms with Gasteiger partial charge in [-0.2, -0.15) is 12.6 Å². The molecule has 0 amide bonds. The van der Waals surface area contributed by atoms with E-state index in [9.17, 15) is 0 Å². The number of thiol groups is 1. The molecule has 0 aliphatic heterocycles. The lowest BCUT2D eigenvalue weighted by Gasteiger charge is -2.03. The molecule has 0 aromatic heterocycles. The van der Waals surface area contributed by atoms with Crippen molar-refractivity contribution >= 4 is 23.4 Å². The fourth-order valence-electron chi connectivity index (χ4n) is 1.75. The van der Waals surface area contributed by atoms with E-state index < -0.39 is 0 Å². The van der Waals surface area contributed by atoms with Crippen LogP contribution >= 0.6 is 12.6 Å². The van der Waals surface area contributed by atoms with Crippen LogP contribution in [-0.2, 0) is 0 Å². The summed E-state index contributed by atoms with van der Waals surface area (Å²) in [7, 11) is 0. The molecule has 0 atom stereocenters. The topological polar surface area (TPSA) is 0 Å². The Kier molecular flexibility index (Phi) is 3.54. The minimum absolute atomic E-state index is 0.816. The van der Waals surface area contributed by atoms with Crippen LogP contribution in [-0.4, -0.2) is 5.75 Å². The Morgan fingerprint density at radius 3 is 2.75 bits per heavy atom. The highest BCUT2D eigenvalue weighted by Crippen LogP contribution is 2.21. The molecule has 0 radical (unpaired) electrons. The first kappa shape index (κ1) is 11.1. The molecule has 0 heterocycles. The normalized spacial score (nSPS) is 9.88. The van der Waals surface area contributed by atoms with E-state index in [1.807, 2.05) is 0 Å². The van der Waals surface area contributed by atoms with E-state index in [1.54, 1.807) is 0 Å². The van der Waals surface area contributed by atoms with Gasteiger partial charge in [-0.3, -0.25) is 0 Å². The number of hydrogen-bond acceptors (Lipinski definition) is 1. The van der Waals surface area contributed by atoms with Crippen molar-refractivity contribution in [2.45, 2.75) is 13.3 Å². The molecule has 2 aromatic rings. The maximum atomic E-state index is 4.16.